The summed E-state index contributed by atoms with van der Waals surface area (Å²) in [5.74, 6) is -1.11. The van der Waals surface area contributed by atoms with E-state index in [1.807, 2.05) is 0 Å². The minimum absolute atomic E-state index is 0.0760. The zero-order valence-corrected chi connectivity index (χ0v) is 16.0. The third-order valence-corrected chi connectivity index (χ3v) is 4.63. The number of carbonyl (C=O) groups is 3. The number of amides is 2. The summed E-state index contributed by atoms with van der Waals surface area (Å²) in [6.07, 6.45) is 1.13. The highest BCUT2D eigenvalue weighted by molar-refractivity contribution is 7.89. The standard InChI is InChI=1S/C19H19N3O5S/c1-12(11-18(24)21-15-5-3-14(4-6-15)13(2)23)19(25)22-16-7-9-17(10-8-16)28(20,26)27/h3-11H,1-2H3,(H,21,24)(H,22,25)(H2,20,26,27)/b12-11-. The summed E-state index contributed by atoms with van der Waals surface area (Å²) in [4.78, 5) is 35.4. The van der Waals surface area contributed by atoms with Crippen LogP contribution in [0, 0.1) is 0 Å². The molecule has 0 aliphatic carbocycles. The number of carbonyl (C=O) groups excluding carboxylic acids is 3. The molecule has 2 aromatic carbocycles. The van der Waals surface area contributed by atoms with Crippen LogP contribution in [0.5, 0.6) is 0 Å². The summed E-state index contributed by atoms with van der Waals surface area (Å²) >= 11 is 0. The molecule has 146 valence electrons. The van der Waals surface area contributed by atoms with Crippen LogP contribution in [0.25, 0.3) is 0 Å². The average molecular weight is 401 g/mol. The average Bonchev–Trinajstić information content (AvgIpc) is 2.61. The quantitative estimate of drug-likeness (QED) is 0.503. The molecule has 8 nitrogen and oxygen atoms in total. The number of ketones is 1. The third kappa shape index (κ3) is 5.86. The maximum absolute atomic E-state index is 12.2. The van der Waals surface area contributed by atoms with E-state index in [0.29, 0.717) is 16.9 Å². The smallest absolute Gasteiger partial charge is 0.251 e. The number of nitrogens with one attached hydrogen (secondary N) is 2. The van der Waals surface area contributed by atoms with E-state index in [4.69, 9.17) is 5.14 Å². The first-order chi connectivity index (χ1) is 13.1. The number of Topliss-reactive ketones (excluding diaryl/α,β-unsaturated/α-hetero) is 1. The van der Waals surface area contributed by atoms with Crippen LogP contribution >= 0.6 is 0 Å². The minimum Gasteiger partial charge on any atom is -0.323 e. The van der Waals surface area contributed by atoms with Gasteiger partial charge in [-0.3, -0.25) is 14.4 Å². The molecule has 0 bridgehead atoms. The molecule has 0 unspecified atom stereocenters. The second kappa shape index (κ2) is 8.59. The van der Waals surface area contributed by atoms with Crippen molar-refractivity contribution < 1.29 is 22.8 Å². The van der Waals surface area contributed by atoms with Crippen LogP contribution < -0.4 is 15.8 Å². The number of hydrogen-bond donors (Lipinski definition) is 3. The number of hydrogen-bond acceptors (Lipinski definition) is 5. The van der Waals surface area contributed by atoms with Crippen molar-refractivity contribution in [3.63, 3.8) is 0 Å². The van der Waals surface area contributed by atoms with Gasteiger partial charge in [0, 0.05) is 28.6 Å². The Bertz CT molecular complexity index is 1040. The van der Waals surface area contributed by atoms with E-state index in [2.05, 4.69) is 10.6 Å². The molecule has 2 rings (SSSR count). The summed E-state index contributed by atoms with van der Waals surface area (Å²) in [6.45, 7) is 2.91. The second-order valence-corrected chi connectivity index (χ2v) is 7.54. The van der Waals surface area contributed by atoms with E-state index in [1.165, 1.54) is 38.1 Å². The third-order valence-electron chi connectivity index (χ3n) is 3.71. The Morgan fingerprint density at radius 2 is 1.36 bits per heavy atom. The first-order valence-electron chi connectivity index (χ1n) is 8.11. The first kappa shape index (κ1) is 21.0. The van der Waals surface area contributed by atoms with Crippen molar-refractivity contribution in [1.82, 2.24) is 0 Å². The van der Waals surface area contributed by atoms with Crippen LogP contribution in [0.4, 0.5) is 11.4 Å². The van der Waals surface area contributed by atoms with Gasteiger partial charge in [0.25, 0.3) is 5.91 Å². The molecule has 0 saturated heterocycles. The molecule has 28 heavy (non-hydrogen) atoms. The predicted octanol–water partition coefficient (Wildman–Crippen LogP) is 2.06. The van der Waals surface area contributed by atoms with E-state index in [1.54, 1.807) is 24.3 Å². The molecule has 2 aromatic rings. The van der Waals surface area contributed by atoms with E-state index >= 15 is 0 Å². The van der Waals surface area contributed by atoms with Crippen molar-refractivity contribution >= 4 is 39.0 Å². The Kier molecular flexibility index (Phi) is 6.45. The normalized spacial score (nSPS) is 11.6. The van der Waals surface area contributed by atoms with Crippen LogP contribution in [0.2, 0.25) is 0 Å². The molecular formula is C19H19N3O5S. The van der Waals surface area contributed by atoms with Gasteiger partial charge < -0.3 is 10.6 Å². The lowest BCUT2D eigenvalue weighted by molar-refractivity contribution is -0.114. The number of benzene rings is 2. The fourth-order valence-electron chi connectivity index (χ4n) is 2.19. The van der Waals surface area contributed by atoms with Crippen molar-refractivity contribution in [1.29, 1.82) is 0 Å². The highest BCUT2D eigenvalue weighted by atomic mass is 32.2. The molecule has 0 aliphatic heterocycles. The van der Waals surface area contributed by atoms with Crippen LogP contribution in [0.15, 0.2) is 65.1 Å². The molecule has 0 radical (unpaired) electrons. The molecule has 0 heterocycles. The number of nitrogens with two attached hydrogens (primary N) is 1. The summed E-state index contributed by atoms with van der Waals surface area (Å²) < 4.78 is 22.4. The van der Waals surface area contributed by atoms with E-state index < -0.39 is 21.8 Å². The maximum atomic E-state index is 12.2. The SMILES string of the molecule is CC(=O)c1ccc(NC(=O)/C=C(/C)C(=O)Nc2ccc(S(N)(=O)=O)cc2)cc1. The van der Waals surface area contributed by atoms with Crippen molar-refractivity contribution in [2.75, 3.05) is 10.6 Å². The van der Waals surface area contributed by atoms with Gasteiger partial charge in [-0.2, -0.15) is 0 Å². The second-order valence-electron chi connectivity index (χ2n) is 5.97. The largest absolute Gasteiger partial charge is 0.323 e. The lowest BCUT2D eigenvalue weighted by Gasteiger charge is -2.07. The molecule has 0 saturated carbocycles. The zero-order chi connectivity index (χ0) is 20.9. The van der Waals surface area contributed by atoms with Gasteiger partial charge in [-0.05, 0) is 62.4 Å². The number of sulfonamides is 1. The van der Waals surface area contributed by atoms with Gasteiger partial charge in [0.15, 0.2) is 5.78 Å². The Balaban J connectivity index is 2.00. The molecule has 0 spiro atoms. The molecular weight excluding hydrogens is 382 g/mol. The van der Waals surface area contributed by atoms with Gasteiger partial charge in [0.1, 0.15) is 0 Å². The molecule has 9 heteroatoms. The molecule has 0 aromatic heterocycles. The fourth-order valence-corrected chi connectivity index (χ4v) is 2.70. The van der Waals surface area contributed by atoms with Gasteiger partial charge in [0.05, 0.1) is 4.90 Å². The van der Waals surface area contributed by atoms with E-state index in [0.717, 1.165) is 6.08 Å². The Hall–Kier alpha value is -3.30. The Morgan fingerprint density at radius 1 is 0.857 bits per heavy atom. The summed E-state index contributed by atoms with van der Waals surface area (Å²) in [5.41, 5.74) is 1.51. The topological polar surface area (TPSA) is 135 Å². The van der Waals surface area contributed by atoms with Crippen molar-refractivity contribution in [2.24, 2.45) is 5.14 Å². The van der Waals surface area contributed by atoms with Crippen LogP contribution in [-0.4, -0.2) is 26.0 Å². The van der Waals surface area contributed by atoms with Gasteiger partial charge in [-0.15, -0.1) is 0 Å². The van der Waals surface area contributed by atoms with Gasteiger partial charge in [-0.25, -0.2) is 13.6 Å². The van der Waals surface area contributed by atoms with Gasteiger partial charge in [0.2, 0.25) is 15.9 Å². The fraction of sp³-hybridized carbons (Fsp3) is 0.105. The summed E-state index contributed by atoms with van der Waals surface area (Å²) in [5, 5.41) is 10.2. The van der Waals surface area contributed by atoms with Crippen molar-refractivity contribution in [3.8, 4) is 0 Å². The first-order valence-corrected chi connectivity index (χ1v) is 9.65. The lowest BCUT2D eigenvalue weighted by Crippen LogP contribution is -2.16. The molecule has 2 amide bonds. The van der Waals surface area contributed by atoms with Crippen LogP contribution in [-0.2, 0) is 19.6 Å². The zero-order valence-electron chi connectivity index (χ0n) is 15.2. The predicted molar refractivity (Wildman–Crippen MR) is 105 cm³/mol. The Labute approximate surface area is 162 Å². The van der Waals surface area contributed by atoms with E-state index in [-0.39, 0.29) is 16.3 Å². The number of primary sulfonamides is 1. The van der Waals surface area contributed by atoms with Crippen molar-refractivity contribution in [3.05, 3.63) is 65.7 Å². The summed E-state index contributed by atoms with van der Waals surface area (Å²) in [6, 6.07) is 11.7. The van der Waals surface area contributed by atoms with Gasteiger partial charge >= 0.3 is 0 Å². The van der Waals surface area contributed by atoms with E-state index in [9.17, 15) is 22.8 Å². The van der Waals surface area contributed by atoms with Crippen molar-refractivity contribution in [2.45, 2.75) is 18.7 Å². The maximum Gasteiger partial charge on any atom is 0.251 e. The Morgan fingerprint density at radius 3 is 1.86 bits per heavy atom. The van der Waals surface area contributed by atoms with Gasteiger partial charge in [-0.1, -0.05) is 0 Å². The molecule has 0 fully saturated rings. The summed E-state index contributed by atoms with van der Waals surface area (Å²) in [7, 11) is -3.81. The molecule has 4 N–H and O–H groups in total. The lowest BCUT2D eigenvalue weighted by atomic mass is 10.1. The highest BCUT2D eigenvalue weighted by Crippen LogP contribution is 2.14. The highest BCUT2D eigenvalue weighted by Gasteiger charge is 2.10. The monoisotopic (exact) mass is 401 g/mol. The molecule has 0 atom stereocenters. The molecule has 0 aliphatic rings. The number of anilines is 2. The van der Waals surface area contributed by atoms with Crippen LogP contribution in [0.3, 0.4) is 0 Å². The minimum atomic E-state index is -3.81. The van der Waals surface area contributed by atoms with Crippen LogP contribution in [0.1, 0.15) is 24.2 Å². The number of rotatable bonds is 6.